The first kappa shape index (κ1) is 15.6. The number of rotatable bonds is 8. The van der Waals surface area contributed by atoms with E-state index in [1.165, 1.54) is 7.05 Å². The van der Waals surface area contributed by atoms with Crippen LogP contribution in [0.15, 0.2) is 6.07 Å². The van der Waals surface area contributed by atoms with Crippen LogP contribution in [0.1, 0.15) is 19.0 Å². The van der Waals surface area contributed by atoms with Crippen LogP contribution in [0, 0.1) is 6.92 Å². The fraction of sp³-hybridized carbons (Fsp3) is 0.636. The third kappa shape index (κ3) is 5.84. The van der Waals surface area contributed by atoms with Crippen molar-refractivity contribution in [3.63, 3.8) is 0 Å². The van der Waals surface area contributed by atoms with E-state index in [0.717, 1.165) is 18.7 Å². The second-order valence-corrected chi connectivity index (χ2v) is 6.14. The molecule has 0 unspecified atom stereocenters. The van der Waals surface area contributed by atoms with Crippen LogP contribution in [-0.4, -0.2) is 44.3 Å². The summed E-state index contributed by atoms with van der Waals surface area (Å²) < 4.78 is 24.8. The first-order chi connectivity index (χ1) is 8.96. The van der Waals surface area contributed by atoms with E-state index in [1.807, 2.05) is 6.92 Å². The van der Waals surface area contributed by atoms with E-state index >= 15 is 0 Å². The molecule has 1 aromatic heterocycles. The van der Waals surface area contributed by atoms with E-state index in [1.54, 1.807) is 6.07 Å². The standard InChI is InChI=1S/C11H21N5O2S/c1-4-5-14-11-15-9(2)8-10(16-11)13-6-7-19(17,18)12-3/h8,12H,4-7H2,1-3H3,(H2,13,14,15,16). The van der Waals surface area contributed by atoms with Gasteiger partial charge in [-0.25, -0.2) is 18.1 Å². The average molecular weight is 287 g/mol. The smallest absolute Gasteiger partial charge is 0.224 e. The average Bonchev–Trinajstić information content (AvgIpc) is 2.35. The maximum Gasteiger partial charge on any atom is 0.224 e. The normalized spacial score (nSPS) is 11.3. The van der Waals surface area contributed by atoms with Crippen molar-refractivity contribution in [3.05, 3.63) is 11.8 Å². The zero-order valence-electron chi connectivity index (χ0n) is 11.5. The van der Waals surface area contributed by atoms with Gasteiger partial charge < -0.3 is 10.6 Å². The lowest BCUT2D eigenvalue weighted by Gasteiger charge is -2.09. The highest BCUT2D eigenvalue weighted by Crippen LogP contribution is 2.09. The fourth-order valence-corrected chi connectivity index (χ4v) is 1.97. The van der Waals surface area contributed by atoms with Crippen molar-refractivity contribution >= 4 is 21.8 Å². The van der Waals surface area contributed by atoms with Gasteiger partial charge in [0.2, 0.25) is 16.0 Å². The highest BCUT2D eigenvalue weighted by Gasteiger charge is 2.07. The molecule has 0 fully saturated rings. The van der Waals surface area contributed by atoms with Crippen molar-refractivity contribution in [2.75, 3.05) is 36.5 Å². The van der Waals surface area contributed by atoms with Crippen LogP contribution >= 0.6 is 0 Å². The number of anilines is 2. The number of nitrogens with zero attached hydrogens (tertiary/aromatic N) is 2. The zero-order valence-corrected chi connectivity index (χ0v) is 12.3. The molecular weight excluding hydrogens is 266 g/mol. The predicted molar refractivity (Wildman–Crippen MR) is 76.9 cm³/mol. The van der Waals surface area contributed by atoms with Gasteiger partial charge in [-0.2, -0.15) is 4.98 Å². The van der Waals surface area contributed by atoms with Crippen molar-refractivity contribution < 1.29 is 8.42 Å². The molecule has 0 aliphatic carbocycles. The lowest BCUT2D eigenvalue weighted by Crippen LogP contribution is -2.26. The number of aryl methyl sites for hydroxylation is 1. The van der Waals surface area contributed by atoms with Crippen molar-refractivity contribution in [1.29, 1.82) is 0 Å². The molecule has 0 aromatic carbocycles. The Kier molecular flexibility index (Phi) is 5.97. The van der Waals surface area contributed by atoms with Crippen LogP contribution in [0.5, 0.6) is 0 Å². The van der Waals surface area contributed by atoms with E-state index in [9.17, 15) is 8.42 Å². The van der Waals surface area contributed by atoms with E-state index < -0.39 is 10.0 Å². The fourth-order valence-electron chi connectivity index (χ4n) is 1.39. The quantitative estimate of drug-likeness (QED) is 0.647. The third-order valence-electron chi connectivity index (χ3n) is 2.38. The Labute approximate surface area is 114 Å². The summed E-state index contributed by atoms with van der Waals surface area (Å²) in [5.41, 5.74) is 0.826. The van der Waals surface area contributed by atoms with Crippen molar-refractivity contribution in [1.82, 2.24) is 14.7 Å². The van der Waals surface area contributed by atoms with Gasteiger partial charge in [0.1, 0.15) is 5.82 Å². The maximum absolute atomic E-state index is 11.3. The van der Waals surface area contributed by atoms with Crippen molar-refractivity contribution in [2.45, 2.75) is 20.3 Å². The molecule has 3 N–H and O–H groups in total. The molecule has 0 aliphatic heterocycles. The van der Waals surface area contributed by atoms with Crippen molar-refractivity contribution in [3.8, 4) is 0 Å². The van der Waals surface area contributed by atoms with Crippen LogP contribution in [0.4, 0.5) is 11.8 Å². The number of nitrogens with one attached hydrogen (secondary N) is 3. The SMILES string of the molecule is CCCNc1nc(C)cc(NCCS(=O)(=O)NC)n1. The van der Waals surface area contributed by atoms with Gasteiger partial charge in [0.25, 0.3) is 0 Å². The Morgan fingerprint density at radius 3 is 2.58 bits per heavy atom. The van der Waals surface area contributed by atoms with Gasteiger partial charge in [0.05, 0.1) is 5.75 Å². The van der Waals surface area contributed by atoms with Gasteiger partial charge in [0, 0.05) is 24.8 Å². The van der Waals surface area contributed by atoms with Crippen molar-refractivity contribution in [2.24, 2.45) is 0 Å². The van der Waals surface area contributed by atoms with Gasteiger partial charge in [-0.05, 0) is 20.4 Å². The van der Waals surface area contributed by atoms with Gasteiger partial charge in [-0.1, -0.05) is 6.92 Å². The number of hydrogen-bond acceptors (Lipinski definition) is 6. The lowest BCUT2D eigenvalue weighted by molar-refractivity contribution is 0.588. The first-order valence-corrected chi connectivity index (χ1v) is 7.86. The summed E-state index contributed by atoms with van der Waals surface area (Å²) >= 11 is 0. The molecular formula is C11H21N5O2S. The summed E-state index contributed by atoms with van der Waals surface area (Å²) in [5.74, 6) is 1.18. The maximum atomic E-state index is 11.3. The molecule has 0 saturated carbocycles. The minimum Gasteiger partial charge on any atom is -0.369 e. The van der Waals surface area contributed by atoms with Gasteiger partial charge in [-0.15, -0.1) is 0 Å². The largest absolute Gasteiger partial charge is 0.369 e. The number of aromatic nitrogens is 2. The molecule has 19 heavy (non-hydrogen) atoms. The van der Waals surface area contributed by atoms with Crippen LogP contribution < -0.4 is 15.4 Å². The van der Waals surface area contributed by atoms with Gasteiger partial charge >= 0.3 is 0 Å². The van der Waals surface area contributed by atoms with E-state index in [0.29, 0.717) is 18.3 Å². The first-order valence-electron chi connectivity index (χ1n) is 6.21. The Morgan fingerprint density at radius 1 is 1.21 bits per heavy atom. The molecule has 0 spiro atoms. The molecule has 1 rings (SSSR count). The van der Waals surface area contributed by atoms with E-state index in [-0.39, 0.29) is 5.75 Å². The number of hydrogen-bond donors (Lipinski definition) is 3. The van der Waals surface area contributed by atoms with Crippen LogP contribution in [-0.2, 0) is 10.0 Å². The molecule has 108 valence electrons. The number of sulfonamides is 1. The summed E-state index contributed by atoms with van der Waals surface area (Å²) in [6, 6.07) is 1.78. The van der Waals surface area contributed by atoms with Crippen LogP contribution in [0.25, 0.3) is 0 Å². The lowest BCUT2D eigenvalue weighted by atomic mass is 10.4. The second-order valence-electron chi connectivity index (χ2n) is 4.09. The Balaban J connectivity index is 2.60. The molecule has 8 heteroatoms. The summed E-state index contributed by atoms with van der Waals surface area (Å²) in [6.07, 6.45) is 0.987. The minimum absolute atomic E-state index is 0.00424. The third-order valence-corrected chi connectivity index (χ3v) is 3.74. The molecule has 7 nitrogen and oxygen atoms in total. The summed E-state index contributed by atoms with van der Waals surface area (Å²) in [4.78, 5) is 8.52. The van der Waals surface area contributed by atoms with E-state index in [2.05, 4.69) is 32.2 Å². The summed E-state index contributed by atoms with van der Waals surface area (Å²) in [5, 5.41) is 6.08. The minimum atomic E-state index is -3.20. The highest BCUT2D eigenvalue weighted by molar-refractivity contribution is 7.89. The monoisotopic (exact) mass is 287 g/mol. The summed E-state index contributed by atoms with van der Waals surface area (Å²) in [7, 11) is -1.80. The van der Waals surface area contributed by atoms with Crippen LogP contribution in [0.3, 0.4) is 0 Å². The molecule has 1 heterocycles. The Morgan fingerprint density at radius 2 is 1.95 bits per heavy atom. The topological polar surface area (TPSA) is 96.0 Å². The Bertz CT molecular complexity index is 504. The van der Waals surface area contributed by atoms with Gasteiger partial charge in [0.15, 0.2) is 0 Å². The van der Waals surface area contributed by atoms with Crippen LogP contribution in [0.2, 0.25) is 0 Å². The zero-order chi connectivity index (χ0) is 14.3. The molecule has 0 radical (unpaired) electrons. The molecule has 1 aromatic rings. The second kappa shape index (κ2) is 7.25. The molecule has 0 saturated heterocycles. The predicted octanol–water partition coefficient (Wildman–Crippen LogP) is 0.568. The molecule has 0 amide bonds. The highest BCUT2D eigenvalue weighted by atomic mass is 32.2. The molecule has 0 bridgehead atoms. The molecule has 0 aliphatic rings. The van der Waals surface area contributed by atoms with Gasteiger partial charge in [-0.3, -0.25) is 0 Å². The van der Waals surface area contributed by atoms with E-state index in [4.69, 9.17) is 0 Å². The summed E-state index contributed by atoms with van der Waals surface area (Å²) in [6.45, 7) is 5.03. The molecule has 0 atom stereocenters. The Hall–Kier alpha value is -1.41.